The van der Waals surface area contributed by atoms with Gasteiger partial charge in [0.1, 0.15) is 0 Å². The smallest absolute Gasteiger partial charge is 0.0716 e. The van der Waals surface area contributed by atoms with Gasteiger partial charge in [0.15, 0.2) is 0 Å². The Labute approximate surface area is 129 Å². The van der Waals surface area contributed by atoms with Crippen LogP contribution in [0.15, 0.2) is 60.7 Å². The molecular weight excluding hydrogens is 280 g/mol. The third kappa shape index (κ3) is 2.66. The van der Waals surface area contributed by atoms with E-state index in [1.165, 1.54) is 10.8 Å². The highest BCUT2D eigenvalue weighted by molar-refractivity contribution is 6.31. The van der Waals surface area contributed by atoms with E-state index < -0.39 is 0 Å². The normalized spacial score (nSPS) is 12.5. The van der Waals surface area contributed by atoms with Crippen molar-refractivity contribution < 1.29 is 0 Å². The van der Waals surface area contributed by atoms with Crippen LogP contribution in [0.25, 0.3) is 10.8 Å². The number of hydrogen-bond acceptors (Lipinski definition) is 2. The van der Waals surface area contributed by atoms with Crippen molar-refractivity contribution in [1.82, 2.24) is 5.43 Å². The van der Waals surface area contributed by atoms with Gasteiger partial charge < -0.3 is 0 Å². The van der Waals surface area contributed by atoms with Crippen LogP contribution in [0.4, 0.5) is 0 Å². The molecule has 0 aliphatic rings. The molecule has 3 heteroatoms. The van der Waals surface area contributed by atoms with Gasteiger partial charge in [-0.1, -0.05) is 66.2 Å². The fraction of sp³-hybridized carbons (Fsp3) is 0.111. The molecule has 0 saturated heterocycles. The minimum atomic E-state index is -0.0629. The summed E-state index contributed by atoms with van der Waals surface area (Å²) in [6.45, 7) is 2.00. The highest BCUT2D eigenvalue weighted by atomic mass is 35.5. The summed E-state index contributed by atoms with van der Waals surface area (Å²) >= 11 is 6.12. The molecule has 0 heterocycles. The first-order chi connectivity index (χ1) is 10.2. The van der Waals surface area contributed by atoms with Crippen molar-refractivity contribution >= 4 is 22.4 Å². The minimum absolute atomic E-state index is 0.0629. The summed E-state index contributed by atoms with van der Waals surface area (Å²) in [5, 5.41) is 3.18. The first-order valence-electron chi connectivity index (χ1n) is 6.90. The molecule has 1 unspecified atom stereocenters. The van der Waals surface area contributed by atoms with Crippen LogP contribution in [0.3, 0.4) is 0 Å². The summed E-state index contributed by atoms with van der Waals surface area (Å²) in [7, 11) is 0. The number of aryl methyl sites for hydroxylation is 1. The third-order valence-corrected chi connectivity index (χ3v) is 4.24. The Kier molecular flexibility index (Phi) is 3.93. The van der Waals surface area contributed by atoms with Gasteiger partial charge in [0.25, 0.3) is 0 Å². The third-order valence-electron chi connectivity index (χ3n) is 3.82. The highest BCUT2D eigenvalue weighted by Gasteiger charge is 2.15. The van der Waals surface area contributed by atoms with Gasteiger partial charge in [-0.05, 0) is 40.5 Å². The van der Waals surface area contributed by atoms with Gasteiger partial charge in [0.2, 0.25) is 0 Å². The van der Waals surface area contributed by atoms with Crippen molar-refractivity contribution in [3.05, 3.63) is 82.4 Å². The lowest BCUT2D eigenvalue weighted by molar-refractivity contribution is 0.640. The molecule has 0 aliphatic carbocycles. The van der Waals surface area contributed by atoms with Crippen LogP contribution in [0.2, 0.25) is 5.02 Å². The number of halogens is 1. The van der Waals surface area contributed by atoms with E-state index in [0.29, 0.717) is 0 Å². The van der Waals surface area contributed by atoms with E-state index in [-0.39, 0.29) is 6.04 Å². The lowest BCUT2D eigenvalue weighted by Crippen LogP contribution is -2.29. The quantitative estimate of drug-likeness (QED) is 0.557. The average Bonchev–Trinajstić information content (AvgIpc) is 2.52. The monoisotopic (exact) mass is 296 g/mol. The summed E-state index contributed by atoms with van der Waals surface area (Å²) < 4.78 is 0. The van der Waals surface area contributed by atoms with E-state index in [1.54, 1.807) is 0 Å². The lowest BCUT2D eigenvalue weighted by Gasteiger charge is -2.19. The van der Waals surface area contributed by atoms with Crippen LogP contribution < -0.4 is 11.3 Å². The molecule has 0 aromatic heterocycles. The molecule has 0 radical (unpaired) electrons. The van der Waals surface area contributed by atoms with Gasteiger partial charge in [-0.2, -0.15) is 0 Å². The molecule has 0 amide bonds. The van der Waals surface area contributed by atoms with Gasteiger partial charge in [0, 0.05) is 5.02 Å². The maximum absolute atomic E-state index is 6.12. The largest absolute Gasteiger partial charge is 0.271 e. The zero-order valence-corrected chi connectivity index (χ0v) is 12.6. The zero-order chi connectivity index (χ0) is 14.8. The van der Waals surface area contributed by atoms with Gasteiger partial charge in [0.05, 0.1) is 6.04 Å². The zero-order valence-electron chi connectivity index (χ0n) is 11.8. The van der Waals surface area contributed by atoms with Crippen LogP contribution in [0.5, 0.6) is 0 Å². The Balaban J connectivity index is 2.16. The first kappa shape index (κ1) is 14.1. The van der Waals surface area contributed by atoms with Gasteiger partial charge >= 0.3 is 0 Å². The van der Waals surface area contributed by atoms with Gasteiger partial charge in [-0.3, -0.25) is 5.84 Å². The van der Waals surface area contributed by atoms with E-state index in [0.717, 1.165) is 21.7 Å². The molecule has 0 aliphatic heterocycles. The molecule has 106 valence electrons. The Morgan fingerprint density at radius 1 is 1.00 bits per heavy atom. The fourth-order valence-corrected chi connectivity index (χ4v) is 2.83. The standard InChI is InChI=1S/C18H17ClN2/c1-12-11-14(9-10-17(12)19)18(21-20)16-8-4-6-13-5-2-3-7-15(13)16/h2-11,18,21H,20H2,1H3. The summed E-state index contributed by atoms with van der Waals surface area (Å²) in [6.07, 6.45) is 0. The molecule has 3 rings (SSSR count). The van der Waals surface area contributed by atoms with E-state index in [1.807, 2.05) is 31.2 Å². The van der Waals surface area contributed by atoms with Gasteiger partial charge in [-0.25, -0.2) is 5.43 Å². The number of nitrogens with two attached hydrogens (primary N) is 1. The SMILES string of the molecule is Cc1cc(C(NN)c2cccc3ccccc23)ccc1Cl. The number of hydrogen-bond donors (Lipinski definition) is 2. The molecule has 3 N–H and O–H groups in total. The second-order valence-electron chi connectivity index (χ2n) is 5.18. The Morgan fingerprint density at radius 2 is 1.76 bits per heavy atom. The molecule has 3 aromatic rings. The van der Waals surface area contributed by atoms with E-state index in [4.69, 9.17) is 17.4 Å². The maximum Gasteiger partial charge on any atom is 0.0716 e. The number of fused-ring (bicyclic) bond motifs is 1. The van der Waals surface area contributed by atoms with Crippen molar-refractivity contribution in [3.8, 4) is 0 Å². The second-order valence-corrected chi connectivity index (χ2v) is 5.58. The molecule has 21 heavy (non-hydrogen) atoms. The van der Waals surface area contributed by atoms with Crippen molar-refractivity contribution in [2.45, 2.75) is 13.0 Å². The molecular formula is C18H17ClN2. The predicted molar refractivity (Wildman–Crippen MR) is 89.3 cm³/mol. The molecule has 0 fully saturated rings. The van der Waals surface area contributed by atoms with Crippen LogP contribution in [0.1, 0.15) is 22.7 Å². The molecule has 2 nitrogen and oxygen atoms in total. The number of nitrogens with one attached hydrogen (secondary N) is 1. The van der Waals surface area contributed by atoms with Crippen LogP contribution >= 0.6 is 11.6 Å². The first-order valence-corrected chi connectivity index (χ1v) is 7.28. The highest BCUT2D eigenvalue weighted by Crippen LogP contribution is 2.30. The van der Waals surface area contributed by atoms with E-state index >= 15 is 0 Å². The number of rotatable bonds is 3. The number of benzene rings is 3. The Bertz CT molecular complexity index is 778. The van der Waals surface area contributed by atoms with Crippen LogP contribution in [0, 0.1) is 6.92 Å². The van der Waals surface area contributed by atoms with Crippen molar-refractivity contribution in [3.63, 3.8) is 0 Å². The van der Waals surface area contributed by atoms with Gasteiger partial charge in [-0.15, -0.1) is 0 Å². The van der Waals surface area contributed by atoms with Crippen molar-refractivity contribution in [2.75, 3.05) is 0 Å². The second kappa shape index (κ2) is 5.86. The summed E-state index contributed by atoms with van der Waals surface area (Å²) in [6, 6.07) is 20.6. The Morgan fingerprint density at radius 3 is 2.52 bits per heavy atom. The fourth-order valence-electron chi connectivity index (χ4n) is 2.72. The van der Waals surface area contributed by atoms with Crippen molar-refractivity contribution in [1.29, 1.82) is 0 Å². The lowest BCUT2D eigenvalue weighted by atomic mass is 9.93. The maximum atomic E-state index is 6.12. The van der Waals surface area contributed by atoms with E-state index in [2.05, 4.69) is 41.8 Å². The molecule has 1 atom stereocenters. The Hall–Kier alpha value is -1.87. The molecule has 0 spiro atoms. The summed E-state index contributed by atoms with van der Waals surface area (Å²) in [5.74, 6) is 5.83. The summed E-state index contributed by atoms with van der Waals surface area (Å²) in [5.41, 5.74) is 6.25. The number of hydrazine groups is 1. The molecule has 3 aromatic carbocycles. The molecule has 0 saturated carbocycles. The van der Waals surface area contributed by atoms with E-state index in [9.17, 15) is 0 Å². The molecule has 0 bridgehead atoms. The van der Waals surface area contributed by atoms with Crippen LogP contribution in [-0.4, -0.2) is 0 Å². The van der Waals surface area contributed by atoms with Crippen molar-refractivity contribution in [2.24, 2.45) is 5.84 Å². The average molecular weight is 297 g/mol. The topological polar surface area (TPSA) is 38.0 Å². The van der Waals surface area contributed by atoms with Crippen LogP contribution in [-0.2, 0) is 0 Å². The summed E-state index contributed by atoms with van der Waals surface area (Å²) in [4.78, 5) is 0. The predicted octanol–water partition coefficient (Wildman–Crippen LogP) is 4.35. The minimum Gasteiger partial charge on any atom is -0.271 e.